The number of amides is 2. The van der Waals surface area contributed by atoms with E-state index in [0.717, 1.165) is 51.6 Å². The van der Waals surface area contributed by atoms with Crippen LogP contribution in [0.2, 0.25) is 0 Å². The van der Waals surface area contributed by atoms with Crippen molar-refractivity contribution < 1.29 is 14.6 Å². The quantitative estimate of drug-likeness (QED) is 0.681. The maximum atomic E-state index is 12.0. The maximum Gasteiger partial charge on any atom is 0.315 e. The standard InChI is InChI=1S/C16H30N2O3/c19-12-13-6-2-1-3-8-15(13)18-16(20)17-10-9-14-7-4-5-11-21-14/h13-15,19H,1-12H2,(H2,17,18,20). The van der Waals surface area contributed by atoms with Crippen LogP contribution in [0, 0.1) is 5.92 Å². The monoisotopic (exact) mass is 298 g/mol. The van der Waals surface area contributed by atoms with E-state index in [4.69, 9.17) is 4.74 Å². The Balaban J connectivity index is 1.65. The third-order valence-electron chi connectivity index (χ3n) is 4.74. The Morgan fingerprint density at radius 1 is 1.10 bits per heavy atom. The predicted octanol–water partition coefficient (Wildman–Crippen LogP) is 2.19. The number of hydrogen-bond acceptors (Lipinski definition) is 3. The van der Waals surface area contributed by atoms with Gasteiger partial charge in [0.1, 0.15) is 0 Å². The van der Waals surface area contributed by atoms with Gasteiger partial charge < -0.3 is 20.5 Å². The van der Waals surface area contributed by atoms with Crippen LogP contribution in [0.5, 0.6) is 0 Å². The summed E-state index contributed by atoms with van der Waals surface area (Å²) >= 11 is 0. The number of carbonyl (C=O) groups excluding carboxylic acids is 1. The van der Waals surface area contributed by atoms with Gasteiger partial charge in [-0.3, -0.25) is 0 Å². The summed E-state index contributed by atoms with van der Waals surface area (Å²) in [5.41, 5.74) is 0. The molecule has 1 aliphatic heterocycles. The molecule has 2 fully saturated rings. The first-order valence-corrected chi connectivity index (χ1v) is 8.56. The molecule has 1 heterocycles. The first-order chi connectivity index (χ1) is 10.3. The second kappa shape index (κ2) is 9.26. The van der Waals surface area contributed by atoms with Gasteiger partial charge in [-0.15, -0.1) is 0 Å². The van der Waals surface area contributed by atoms with Crippen LogP contribution in [-0.4, -0.2) is 43.0 Å². The highest BCUT2D eigenvalue weighted by atomic mass is 16.5. The minimum atomic E-state index is -0.101. The average Bonchev–Trinajstić information content (AvgIpc) is 2.73. The Morgan fingerprint density at radius 2 is 1.90 bits per heavy atom. The Hall–Kier alpha value is -0.810. The fourth-order valence-electron chi connectivity index (χ4n) is 3.39. The Morgan fingerprint density at radius 3 is 2.67 bits per heavy atom. The van der Waals surface area contributed by atoms with Crippen molar-refractivity contribution in [3.05, 3.63) is 0 Å². The van der Waals surface area contributed by atoms with Crippen LogP contribution in [-0.2, 0) is 4.74 Å². The summed E-state index contributed by atoms with van der Waals surface area (Å²) in [4.78, 5) is 12.0. The van der Waals surface area contributed by atoms with Gasteiger partial charge in [-0.25, -0.2) is 4.79 Å². The maximum absolute atomic E-state index is 12.0. The number of aliphatic hydroxyl groups is 1. The zero-order valence-electron chi connectivity index (χ0n) is 13.0. The molecule has 2 aliphatic rings. The van der Waals surface area contributed by atoms with Crippen LogP contribution in [0.25, 0.3) is 0 Å². The first kappa shape index (κ1) is 16.6. The molecule has 1 aliphatic carbocycles. The number of nitrogens with one attached hydrogen (secondary N) is 2. The van der Waals surface area contributed by atoms with E-state index >= 15 is 0 Å². The molecular weight excluding hydrogens is 268 g/mol. The molecule has 5 heteroatoms. The highest BCUT2D eigenvalue weighted by Crippen LogP contribution is 2.23. The summed E-state index contributed by atoms with van der Waals surface area (Å²) in [5, 5.41) is 15.4. The van der Waals surface area contributed by atoms with Gasteiger partial charge in [-0.05, 0) is 38.5 Å². The van der Waals surface area contributed by atoms with Crippen molar-refractivity contribution in [2.24, 2.45) is 5.92 Å². The molecule has 1 saturated heterocycles. The van der Waals surface area contributed by atoms with Crippen LogP contribution < -0.4 is 10.6 Å². The lowest BCUT2D eigenvalue weighted by molar-refractivity contribution is 0.0119. The lowest BCUT2D eigenvalue weighted by atomic mass is 9.96. The molecule has 0 spiro atoms. The third kappa shape index (κ3) is 5.83. The Kier molecular flexibility index (Phi) is 7.30. The van der Waals surface area contributed by atoms with Gasteiger partial charge in [-0.1, -0.05) is 19.3 Å². The molecular formula is C16H30N2O3. The molecule has 0 radical (unpaired) electrons. The molecule has 1 saturated carbocycles. The van der Waals surface area contributed by atoms with Crippen molar-refractivity contribution in [1.29, 1.82) is 0 Å². The van der Waals surface area contributed by atoms with E-state index in [0.29, 0.717) is 12.6 Å². The van der Waals surface area contributed by atoms with Gasteiger partial charge in [0.25, 0.3) is 0 Å². The highest BCUT2D eigenvalue weighted by Gasteiger charge is 2.24. The van der Waals surface area contributed by atoms with Crippen molar-refractivity contribution in [3.63, 3.8) is 0 Å². The van der Waals surface area contributed by atoms with Crippen LogP contribution in [0.15, 0.2) is 0 Å². The number of carbonyl (C=O) groups is 1. The summed E-state index contributed by atoms with van der Waals surface area (Å²) in [6.07, 6.45) is 10.2. The SMILES string of the molecule is O=C(NCCC1CCCCO1)NC1CCCCCC1CO. The normalized spacial score (nSPS) is 30.4. The molecule has 2 amide bonds. The summed E-state index contributed by atoms with van der Waals surface area (Å²) < 4.78 is 5.66. The van der Waals surface area contributed by atoms with Gasteiger partial charge in [0.2, 0.25) is 0 Å². The molecule has 3 unspecified atom stereocenters. The van der Waals surface area contributed by atoms with Crippen molar-refractivity contribution >= 4 is 6.03 Å². The smallest absolute Gasteiger partial charge is 0.315 e. The van der Waals surface area contributed by atoms with E-state index in [1.54, 1.807) is 0 Å². The molecule has 0 bridgehead atoms. The second-order valence-corrected chi connectivity index (χ2v) is 6.36. The summed E-state index contributed by atoms with van der Waals surface area (Å²) in [6.45, 7) is 1.69. The van der Waals surface area contributed by atoms with Crippen LogP contribution >= 0.6 is 0 Å². The fourth-order valence-corrected chi connectivity index (χ4v) is 3.39. The van der Waals surface area contributed by atoms with E-state index < -0.39 is 0 Å². The number of hydrogen-bond donors (Lipinski definition) is 3. The summed E-state index contributed by atoms with van der Waals surface area (Å²) in [7, 11) is 0. The molecule has 122 valence electrons. The van der Waals surface area contributed by atoms with Gasteiger partial charge in [0.15, 0.2) is 0 Å². The van der Waals surface area contributed by atoms with Gasteiger partial charge in [0.05, 0.1) is 6.10 Å². The largest absolute Gasteiger partial charge is 0.396 e. The van der Waals surface area contributed by atoms with E-state index in [-0.39, 0.29) is 24.6 Å². The summed E-state index contributed by atoms with van der Waals surface area (Å²) in [5.74, 6) is 0.208. The highest BCUT2D eigenvalue weighted by molar-refractivity contribution is 5.74. The van der Waals surface area contributed by atoms with Crippen molar-refractivity contribution in [2.45, 2.75) is 69.9 Å². The zero-order chi connectivity index (χ0) is 14.9. The topological polar surface area (TPSA) is 70.6 Å². The van der Waals surface area contributed by atoms with E-state index in [1.165, 1.54) is 12.8 Å². The minimum Gasteiger partial charge on any atom is -0.396 e. The number of rotatable bonds is 5. The second-order valence-electron chi connectivity index (χ2n) is 6.36. The van der Waals surface area contributed by atoms with Crippen LogP contribution in [0.3, 0.4) is 0 Å². The lowest BCUT2D eigenvalue weighted by Crippen LogP contribution is -2.46. The molecule has 3 N–H and O–H groups in total. The van der Waals surface area contributed by atoms with Gasteiger partial charge in [0, 0.05) is 31.7 Å². The van der Waals surface area contributed by atoms with E-state index in [9.17, 15) is 9.90 Å². The molecule has 2 rings (SSSR count). The van der Waals surface area contributed by atoms with E-state index in [2.05, 4.69) is 10.6 Å². The number of urea groups is 1. The van der Waals surface area contributed by atoms with Crippen LogP contribution in [0.4, 0.5) is 4.79 Å². The van der Waals surface area contributed by atoms with Crippen molar-refractivity contribution in [1.82, 2.24) is 10.6 Å². The number of aliphatic hydroxyl groups excluding tert-OH is 1. The molecule has 3 atom stereocenters. The predicted molar refractivity (Wildman–Crippen MR) is 82.2 cm³/mol. The zero-order valence-corrected chi connectivity index (χ0v) is 13.0. The molecule has 21 heavy (non-hydrogen) atoms. The molecule has 5 nitrogen and oxygen atoms in total. The minimum absolute atomic E-state index is 0.101. The van der Waals surface area contributed by atoms with Gasteiger partial charge in [-0.2, -0.15) is 0 Å². The average molecular weight is 298 g/mol. The van der Waals surface area contributed by atoms with Gasteiger partial charge >= 0.3 is 6.03 Å². The molecule has 0 aromatic carbocycles. The number of ether oxygens (including phenoxy) is 1. The Labute approximate surface area is 127 Å². The summed E-state index contributed by atoms with van der Waals surface area (Å²) in [6, 6.07) is 0.0135. The lowest BCUT2D eigenvalue weighted by Gasteiger charge is -2.25. The van der Waals surface area contributed by atoms with Crippen LogP contribution in [0.1, 0.15) is 57.8 Å². The van der Waals surface area contributed by atoms with Crippen molar-refractivity contribution in [2.75, 3.05) is 19.8 Å². The Bertz CT molecular complexity index is 306. The molecule has 0 aromatic heterocycles. The van der Waals surface area contributed by atoms with Crippen molar-refractivity contribution in [3.8, 4) is 0 Å². The fraction of sp³-hybridized carbons (Fsp3) is 0.938. The third-order valence-corrected chi connectivity index (χ3v) is 4.74. The first-order valence-electron chi connectivity index (χ1n) is 8.56. The molecule has 0 aromatic rings. The van der Waals surface area contributed by atoms with E-state index in [1.807, 2.05) is 0 Å².